The van der Waals surface area contributed by atoms with Crippen LogP contribution in [0.5, 0.6) is 11.5 Å². The maximum atomic E-state index is 12.0. The largest absolute Gasteiger partial charge is 0.495 e. The molecule has 0 aliphatic heterocycles. The number of hydrogen-bond donors (Lipinski definition) is 1. The van der Waals surface area contributed by atoms with Crippen molar-refractivity contribution in [3.8, 4) is 11.5 Å². The molecule has 0 fully saturated rings. The predicted octanol–water partition coefficient (Wildman–Crippen LogP) is 3.19. The second-order valence-corrected chi connectivity index (χ2v) is 4.81. The average Bonchev–Trinajstić information content (AvgIpc) is 2.99. The van der Waals surface area contributed by atoms with E-state index >= 15 is 0 Å². The summed E-state index contributed by atoms with van der Waals surface area (Å²) in [5.41, 5.74) is 0.538. The summed E-state index contributed by atoms with van der Waals surface area (Å²) < 4.78 is 12.3. The highest BCUT2D eigenvalue weighted by Gasteiger charge is 2.12. The number of methoxy groups -OCH3 is 2. The van der Waals surface area contributed by atoms with Crippen molar-refractivity contribution in [2.24, 2.45) is 0 Å². The third-order valence-electron chi connectivity index (χ3n) is 3.01. The van der Waals surface area contributed by atoms with Crippen LogP contribution in [0.15, 0.2) is 36.7 Å². The molecule has 21 heavy (non-hydrogen) atoms. The molecule has 1 N–H and O–H groups in total. The number of aryl methyl sites for hydroxylation is 1. The molecule has 2 rings (SSSR count). The Morgan fingerprint density at radius 3 is 2.48 bits per heavy atom. The van der Waals surface area contributed by atoms with Crippen LogP contribution in [-0.2, 0) is 11.3 Å². The van der Waals surface area contributed by atoms with Crippen molar-refractivity contribution < 1.29 is 14.3 Å². The molecule has 1 heterocycles. The van der Waals surface area contributed by atoms with Crippen molar-refractivity contribution >= 4 is 23.2 Å². The molecule has 0 spiro atoms. The van der Waals surface area contributed by atoms with Gasteiger partial charge in [0, 0.05) is 37.5 Å². The van der Waals surface area contributed by atoms with Gasteiger partial charge < -0.3 is 19.4 Å². The highest BCUT2D eigenvalue weighted by Crippen LogP contribution is 2.35. The number of rotatable bonds is 6. The lowest BCUT2D eigenvalue weighted by molar-refractivity contribution is -0.116. The van der Waals surface area contributed by atoms with Gasteiger partial charge in [0.25, 0.3) is 0 Å². The Morgan fingerprint density at radius 2 is 1.86 bits per heavy atom. The highest BCUT2D eigenvalue weighted by molar-refractivity contribution is 6.32. The molecule has 0 aliphatic rings. The van der Waals surface area contributed by atoms with Gasteiger partial charge in [-0.1, -0.05) is 11.6 Å². The predicted molar refractivity (Wildman–Crippen MR) is 82.2 cm³/mol. The molecule has 5 nitrogen and oxygen atoms in total. The summed E-state index contributed by atoms with van der Waals surface area (Å²) in [6, 6.07) is 7.10. The van der Waals surface area contributed by atoms with Crippen molar-refractivity contribution in [1.82, 2.24) is 4.57 Å². The second-order valence-electron chi connectivity index (χ2n) is 4.41. The highest BCUT2D eigenvalue weighted by atomic mass is 35.5. The smallest absolute Gasteiger partial charge is 0.226 e. The minimum absolute atomic E-state index is 0.105. The van der Waals surface area contributed by atoms with E-state index in [1.165, 1.54) is 14.2 Å². The zero-order valence-corrected chi connectivity index (χ0v) is 12.7. The Balaban J connectivity index is 2.05. The lowest BCUT2D eigenvalue weighted by atomic mass is 10.2. The number of anilines is 1. The van der Waals surface area contributed by atoms with Gasteiger partial charge in [0.2, 0.25) is 5.91 Å². The van der Waals surface area contributed by atoms with Gasteiger partial charge in [-0.15, -0.1) is 0 Å². The SMILES string of the molecule is COc1cc(NC(=O)CCn2cccc2)c(OC)cc1Cl. The molecule has 0 aliphatic carbocycles. The standard InChI is InChI=1S/C15H17ClN2O3/c1-20-13-10-12(14(21-2)9-11(13)16)17-15(19)5-8-18-6-3-4-7-18/h3-4,6-7,9-10H,5,8H2,1-2H3,(H,17,19). The van der Waals surface area contributed by atoms with Gasteiger partial charge in [-0.3, -0.25) is 4.79 Å². The number of aromatic nitrogens is 1. The van der Waals surface area contributed by atoms with Crippen molar-refractivity contribution in [1.29, 1.82) is 0 Å². The molecule has 0 unspecified atom stereocenters. The molecule has 112 valence electrons. The number of benzene rings is 1. The van der Waals surface area contributed by atoms with E-state index in [1.54, 1.807) is 12.1 Å². The Kier molecular flexibility index (Phi) is 5.11. The van der Waals surface area contributed by atoms with Gasteiger partial charge in [-0.25, -0.2) is 0 Å². The number of ether oxygens (including phenoxy) is 2. The number of carbonyl (C=O) groups is 1. The van der Waals surface area contributed by atoms with Crippen LogP contribution in [0.2, 0.25) is 5.02 Å². The van der Waals surface area contributed by atoms with Crippen LogP contribution in [0.3, 0.4) is 0 Å². The summed E-state index contributed by atoms with van der Waals surface area (Å²) in [6.45, 7) is 0.617. The monoisotopic (exact) mass is 308 g/mol. The molecule has 2 aromatic rings. The van der Waals surface area contributed by atoms with E-state index in [1.807, 2.05) is 29.1 Å². The minimum atomic E-state index is -0.105. The fraction of sp³-hybridized carbons (Fsp3) is 0.267. The number of nitrogens with zero attached hydrogens (tertiary/aromatic N) is 1. The Bertz CT molecular complexity index is 612. The van der Waals surface area contributed by atoms with E-state index in [4.69, 9.17) is 21.1 Å². The molecular formula is C15H17ClN2O3. The van der Waals surface area contributed by atoms with Crippen LogP contribution in [0.1, 0.15) is 6.42 Å². The molecule has 0 atom stereocenters. The van der Waals surface area contributed by atoms with E-state index in [9.17, 15) is 4.79 Å². The maximum absolute atomic E-state index is 12.0. The second kappa shape index (κ2) is 7.04. The van der Waals surface area contributed by atoms with Gasteiger partial charge >= 0.3 is 0 Å². The van der Waals surface area contributed by atoms with Gasteiger partial charge in [0.15, 0.2) is 0 Å². The van der Waals surface area contributed by atoms with E-state index in [2.05, 4.69) is 5.32 Å². The first-order valence-electron chi connectivity index (χ1n) is 6.46. The Labute approximate surface area is 128 Å². The van der Waals surface area contributed by atoms with Gasteiger partial charge in [0.1, 0.15) is 11.5 Å². The molecule has 0 radical (unpaired) electrons. The van der Waals surface area contributed by atoms with Crippen LogP contribution >= 0.6 is 11.6 Å². The normalized spacial score (nSPS) is 10.2. The first kappa shape index (κ1) is 15.3. The summed E-state index contributed by atoms with van der Waals surface area (Å²) in [4.78, 5) is 12.0. The summed E-state index contributed by atoms with van der Waals surface area (Å²) in [5, 5.41) is 3.24. The number of hydrogen-bond acceptors (Lipinski definition) is 3. The van der Waals surface area contributed by atoms with Gasteiger partial charge in [-0.2, -0.15) is 0 Å². The van der Waals surface area contributed by atoms with E-state index in [0.717, 1.165) is 0 Å². The average molecular weight is 309 g/mol. The summed E-state index contributed by atoms with van der Waals surface area (Å²) in [6.07, 6.45) is 4.20. The molecule has 0 saturated heterocycles. The first-order valence-corrected chi connectivity index (χ1v) is 6.84. The van der Waals surface area contributed by atoms with Crippen molar-refractivity contribution in [3.05, 3.63) is 41.7 Å². The molecule has 0 bridgehead atoms. The third-order valence-corrected chi connectivity index (χ3v) is 3.31. The van der Waals surface area contributed by atoms with Crippen molar-refractivity contribution in [2.45, 2.75) is 13.0 Å². The van der Waals surface area contributed by atoms with Gasteiger partial charge in [0.05, 0.1) is 24.9 Å². The number of halogens is 1. The fourth-order valence-electron chi connectivity index (χ4n) is 1.92. The lowest BCUT2D eigenvalue weighted by Gasteiger charge is -2.13. The van der Waals surface area contributed by atoms with Crippen LogP contribution < -0.4 is 14.8 Å². The third kappa shape index (κ3) is 3.92. The first-order chi connectivity index (χ1) is 10.1. The number of carbonyl (C=O) groups excluding carboxylic acids is 1. The van der Waals surface area contributed by atoms with Gasteiger partial charge in [-0.05, 0) is 12.1 Å². The molecule has 1 aromatic heterocycles. The Hall–Kier alpha value is -2.14. The van der Waals surface area contributed by atoms with Crippen molar-refractivity contribution in [2.75, 3.05) is 19.5 Å². The molecule has 6 heteroatoms. The minimum Gasteiger partial charge on any atom is -0.495 e. The summed E-state index contributed by atoms with van der Waals surface area (Å²) >= 11 is 6.02. The van der Waals surface area contributed by atoms with E-state index in [0.29, 0.717) is 35.2 Å². The lowest BCUT2D eigenvalue weighted by Crippen LogP contribution is -2.14. The maximum Gasteiger partial charge on any atom is 0.226 e. The zero-order chi connectivity index (χ0) is 15.2. The van der Waals surface area contributed by atoms with E-state index < -0.39 is 0 Å². The summed E-state index contributed by atoms with van der Waals surface area (Å²) in [7, 11) is 3.04. The molecule has 1 aromatic carbocycles. The molecule has 1 amide bonds. The van der Waals surface area contributed by atoms with Crippen LogP contribution in [0.25, 0.3) is 0 Å². The quantitative estimate of drug-likeness (QED) is 0.891. The van der Waals surface area contributed by atoms with E-state index in [-0.39, 0.29) is 5.91 Å². The van der Waals surface area contributed by atoms with Crippen LogP contribution in [-0.4, -0.2) is 24.7 Å². The number of amides is 1. The fourth-order valence-corrected chi connectivity index (χ4v) is 2.15. The zero-order valence-electron chi connectivity index (χ0n) is 11.9. The van der Waals surface area contributed by atoms with Crippen LogP contribution in [0, 0.1) is 0 Å². The summed E-state index contributed by atoms with van der Waals surface area (Å²) in [5.74, 6) is 0.875. The Morgan fingerprint density at radius 1 is 1.19 bits per heavy atom. The van der Waals surface area contributed by atoms with Crippen LogP contribution in [0.4, 0.5) is 5.69 Å². The number of nitrogens with one attached hydrogen (secondary N) is 1. The van der Waals surface area contributed by atoms with Crippen molar-refractivity contribution in [3.63, 3.8) is 0 Å². The topological polar surface area (TPSA) is 52.5 Å². The molecule has 0 saturated carbocycles. The molecular weight excluding hydrogens is 292 g/mol.